The van der Waals surface area contributed by atoms with Gasteiger partial charge < -0.3 is 10.2 Å². The minimum absolute atomic E-state index is 0.251. The van der Waals surface area contributed by atoms with E-state index in [-0.39, 0.29) is 17.4 Å². The molecule has 1 aliphatic rings. The highest BCUT2D eigenvalue weighted by atomic mass is 16.3. The predicted octanol–water partition coefficient (Wildman–Crippen LogP) is 4.81. The fourth-order valence-electron chi connectivity index (χ4n) is 1.97. The summed E-state index contributed by atoms with van der Waals surface area (Å²) in [6, 6.07) is 14.4. The summed E-state index contributed by atoms with van der Waals surface area (Å²) in [6.45, 7) is 2.10. The molecule has 3 rings (SSSR count). The number of phenols is 2. The molecule has 2 nitrogen and oxygen atoms in total. The molecule has 0 aliphatic heterocycles. The summed E-state index contributed by atoms with van der Waals surface area (Å²) in [6.07, 6.45) is 6.00. The van der Waals surface area contributed by atoms with E-state index in [4.69, 9.17) is 0 Å². The van der Waals surface area contributed by atoms with Crippen molar-refractivity contribution < 1.29 is 10.2 Å². The van der Waals surface area contributed by atoms with Gasteiger partial charge in [0.2, 0.25) is 0 Å². The maximum Gasteiger partial charge on any atom is 0.115 e. The maximum atomic E-state index is 9.21. The van der Waals surface area contributed by atoms with Crippen LogP contribution in [-0.2, 0) is 0 Å². The molecule has 0 spiro atoms. The number of hydrogen-bond acceptors (Lipinski definition) is 2. The first-order valence-corrected chi connectivity index (χ1v) is 7.24. The molecule has 1 fully saturated rings. The first-order chi connectivity index (χ1) is 9.66. The van der Waals surface area contributed by atoms with Gasteiger partial charge in [-0.3, -0.25) is 0 Å². The molecule has 2 heteroatoms. The van der Waals surface area contributed by atoms with Gasteiger partial charge in [-0.05, 0) is 35.4 Å². The van der Waals surface area contributed by atoms with E-state index in [1.54, 1.807) is 24.3 Å². The molecule has 0 saturated heterocycles. The first-order valence-electron chi connectivity index (χ1n) is 7.24. The van der Waals surface area contributed by atoms with Crippen molar-refractivity contribution in [3.8, 4) is 11.5 Å². The lowest BCUT2D eigenvalue weighted by Gasteiger charge is -2.12. The van der Waals surface area contributed by atoms with Gasteiger partial charge in [0.05, 0.1) is 0 Å². The van der Waals surface area contributed by atoms with Crippen LogP contribution in [0.3, 0.4) is 0 Å². The number of aromatic hydroxyl groups is 2. The molecule has 0 atom stereocenters. The van der Waals surface area contributed by atoms with Crippen molar-refractivity contribution in [3.63, 3.8) is 0 Å². The van der Waals surface area contributed by atoms with E-state index >= 15 is 0 Å². The van der Waals surface area contributed by atoms with Gasteiger partial charge in [0.1, 0.15) is 11.5 Å². The zero-order chi connectivity index (χ0) is 14.4. The molecule has 0 radical (unpaired) electrons. The lowest BCUT2D eigenvalue weighted by atomic mass is 9.93. The second-order valence-electron chi connectivity index (χ2n) is 5.32. The topological polar surface area (TPSA) is 40.5 Å². The van der Waals surface area contributed by atoms with Crippen LogP contribution in [0.25, 0.3) is 0 Å². The Balaban J connectivity index is 0.000000315. The van der Waals surface area contributed by atoms with E-state index in [2.05, 4.69) is 6.92 Å². The molecule has 106 valence electrons. The molecule has 2 N–H and O–H groups in total. The SMILES string of the molecule is C1CCC1.CC(c1ccc(O)cc1)c1ccc(O)cc1. The van der Waals surface area contributed by atoms with E-state index in [1.165, 1.54) is 25.7 Å². The number of rotatable bonds is 2. The lowest BCUT2D eigenvalue weighted by Crippen LogP contribution is -1.94. The van der Waals surface area contributed by atoms with Crippen molar-refractivity contribution in [2.45, 2.75) is 38.5 Å². The van der Waals surface area contributed by atoms with Gasteiger partial charge >= 0.3 is 0 Å². The summed E-state index contributed by atoms with van der Waals surface area (Å²) < 4.78 is 0. The third-order valence-corrected chi connectivity index (χ3v) is 3.79. The van der Waals surface area contributed by atoms with E-state index < -0.39 is 0 Å². The van der Waals surface area contributed by atoms with Crippen LogP contribution < -0.4 is 0 Å². The molecule has 0 amide bonds. The molecular weight excluding hydrogens is 248 g/mol. The van der Waals surface area contributed by atoms with Gasteiger partial charge in [-0.1, -0.05) is 56.9 Å². The van der Waals surface area contributed by atoms with Crippen LogP contribution in [0.2, 0.25) is 0 Å². The normalized spacial score (nSPS) is 13.3. The highest BCUT2D eigenvalue weighted by Gasteiger charge is 2.07. The Bertz CT molecular complexity index is 461. The van der Waals surface area contributed by atoms with Crippen LogP contribution in [-0.4, -0.2) is 10.2 Å². The quantitative estimate of drug-likeness (QED) is 0.822. The summed E-state index contributed by atoms with van der Waals surface area (Å²) in [4.78, 5) is 0. The zero-order valence-electron chi connectivity index (χ0n) is 11.9. The van der Waals surface area contributed by atoms with E-state index in [0.29, 0.717) is 0 Å². The largest absolute Gasteiger partial charge is 0.508 e. The summed E-state index contributed by atoms with van der Waals surface area (Å²) in [5, 5.41) is 18.4. The Morgan fingerprint density at radius 2 is 0.950 bits per heavy atom. The highest BCUT2D eigenvalue weighted by Crippen LogP contribution is 2.26. The summed E-state index contributed by atoms with van der Waals surface area (Å²) in [5.41, 5.74) is 2.28. The molecule has 1 saturated carbocycles. The van der Waals surface area contributed by atoms with Crippen LogP contribution in [0, 0.1) is 0 Å². The summed E-state index contributed by atoms with van der Waals surface area (Å²) >= 11 is 0. The Morgan fingerprint density at radius 3 is 1.20 bits per heavy atom. The van der Waals surface area contributed by atoms with Gasteiger partial charge in [-0.2, -0.15) is 0 Å². The predicted molar refractivity (Wildman–Crippen MR) is 82.2 cm³/mol. The van der Waals surface area contributed by atoms with Crippen molar-refractivity contribution in [3.05, 3.63) is 59.7 Å². The van der Waals surface area contributed by atoms with E-state index in [0.717, 1.165) is 11.1 Å². The van der Waals surface area contributed by atoms with Gasteiger partial charge in [0.15, 0.2) is 0 Å². The molecule has 2 aromatic rings. The lowest BCUT2D eigenvalue weighted by molar-refractivity contribution is 0.475. The fraction of sp³-hybridized carbons (Fsp3) is 0.333. The molecule has 20 heavy (non-hydrogen) atoms. The minimum atomic E-state index is 0.251. The van der Waals surface area contributed by atoms with Crippen molar-refractivity contribution in [1.29, 1.82) is 0 Å². The standard InChI is InChI=1S/C14H14O2.C4H8/c1-10(11-2-6-13(15)7-3-11)12-4-8-14(16)9-5-12;1-2-4-3-1/h2-10,15-16H,1H3;1-4H2. The molecule has 0 bridgehead atoms. The second kappa shape index (κ2) is 6.99. The van der Waals surface area contributed by atoms with Crippen LogP contribution >= 0.6 is 0 Å². The smallest absolute Gasteiger partial charge is 0.115 e. The number of hydrogen-bond donors (Lipinski definition) is 2. The van der Waals surface area contributed by atoms with Crippen molar-refractivity contribution in [2.24, 2.45) is 0 Å². The first kappa shape index (κ1) is 14.4. The Morgan fingerprint density at radius 1 is 0.650 bits per heavy atom. The van der Waals surface area contributed by atoms with Crippen LogP contribution in [0.15, 0.2) is 48.5 Å². The van der Waals surface area contributed by atoms with Crippen molar-refractivity contribution in [1.82, 2.24) is 0 Å². The van der Waals surface area contributed by atoms with Crippen LogP contribution in [0.4, 0.5) is 0 Å². The monoisotopic (exact) mass is 270 g/mol. The average molecular weight is 270 g/mol. The minimum Gasteiger partial charge on any atom is -0.508 e. The second-order valence-corrected chi connectivity index (χ2v) is 5.32. The third-order valence-electron chi connectivity index (χ3n) is 3.79. The molecule has 2 aromatic carbocycles. The molecule has 1 aliphatic carbocycles. The Labute approximate surface area is 120 Å². The Hall–Kier alpha value is -1.96. The summed E-state index contributed by atoms with van der Waals surface area (Å²) in [7, 11) is 0. The molecule has 0 unspecified atom stereocenters. The number of benzene rings is 2. The van der Waals surface area contributed by atoms with Gasteiger partial charge in [0.25, 0.3) is 0 Å². The third kappa shape index (κ3) is 4.02. The highest BCUT2D eigenvalue weighted by molar-refractivity contribution is 5.36. The Kier molecular flexibility index (Phi) is 5.05. The maximum absolute atomic E-state index is 9.21. The molecular formula is C18H22O2. The van der Waals surface area contributed by atoms with Crippen LogP contribution in [0.1, 0.15) is 49.7 Å². The van der Waals surface area contributed by atoms with Gasteiger partial charge in [-0.25, -0.2) is 0 Å². The van der Waals surface area contributed by atoms with Crippen molar-refractivity contribution in [2.75, 3.05) is 0 Å². The van der Waals surface area contributed by atoms with Gasteiger partial charge in [-0.15, -0.1) is 0 Å². The van der Waals surface area contributed by atoms with Crippen LogP contribution in [0.5, 0.6) is 11.5 Å². The average Bonchev–Trinajstić information content (AvgIpc) is 2.38. The summed E-state index contributed by atoms with van der Waals surface area (Å²) in [5.74, 6) is 0.810. The fourth-order valence-corrected chi connectivity index (χ4v) is 1.97. The molecule has 0 heterocycles. The number of phenolic OH excluding ortho intramolecular Hbond substituents is 2. The van der Waals surface area contributed by atoms with Gasteiger partial charge in [0, 0.05) is 5.92 Å². The zero-order valence-corrected chi connectivity index (χ0v) is 11.9. The van der Waals surface area contributed by atoms with E-state index in [1.807, 2.05) is 24.3 Å². The van der Waals surface area contributed by atoms with Crippen molar-refractivity contribution >= 4 is 0 Å². The van der Waals surface area contributed by atoms with E-state index in [9.17, 15) is 10.2 Å². The molecule has 0 aromatic heterocycles.